The fourth-order valence-corrected chi connectivity index (χ4v) is 1.82. The van der Waals surface area contributed by atoms with Gasteiger partial charge in [0.2, 0.25) is 0 Å². The highest BCUT2D eigenvalue weighted by molar-refractivity contribution is 6.04. The lowest BCUT2D eigenvalue weighted by Crippen LogP contribution is -2.24. The molecule has 0 spiro atoms. The molecular formula is C13H16N4O2. The average Bonchev–Trinajstić information content (AvgIpc) is 2.77. The maximum absolute atomic E-state index is 11.8. The van der Waals surface area contributed by atoms with E-state index in [-0.39, 0.29) is 5.96 Å². The van der Waals surface area contributed by atoms with Crippen molar-refractivity contribution in [2.45, 2.75) is 13.5 Å². The zero-order valence-corrected chi connectivity index (χ0v) is 10.6. The van der Waals surface area contributed by atoms with Gasteiger partial charge in [-0.15, -0.1) is 0 Å². The van der Waals surface area contributed by atoms with Crippen LogP contribution in [0.25, 0.3) is 10.9 Å². The molecule has 0 fully saturated rings. The number of guanidine groups is 1. The van der Waals surface area contributed by atoms with Gasteiger partial charge in [0, 0.05) is 34.8 Å². The molecule has 0 radical (unpaired) electrons. The van der Waals surface area contributed by atoms with E-state index in [1.807, 2.05) is 19.2 Å². The molecule has 2 aromatic rings. The van der Waals surface area contributed by atoms with Crippen LogP contribution >= 0.6 is 0 Å². The van der Waals surface area contributed by atoms with Gasteiger partial charge < -0.3 is 21.2 Å². The highest BCUT2D eigenvalue weighted by atomic mass is 16.5. The van der Waals surface area contributed by atoms with E-state index in [0.29, 0.717) is 18.8 Å². The zero-order chi connectivity index (χ0) is 13.8. The predicted octanol–water partition coefficient (Wildman–Crippen LogP) is 1.12. The Bertz CT molecular complexity index is 627. The largest absolute Gasteiger partial charge is 0.377 e. The number of nitrogens with one attached hydrogen (secondary N) is 1. The van der Waals surface area contributed by atoms with Crippen molar-refractivity contribution in [1.29, 1.82) is 0 Å². The first-order chi connectivity index (χ1) is 9.11. The van der Waals surface area contributed by atoms with Crippen molar-refractivity contribution >= 4 is 22.8 Å². The molecule has 6 heteroatoms. The normalized spacial score (nSPS) is 10.6. The third kappa shape index (κ3) is 2.92. The zero-order valence-electron chi connectivity index (χ0n) is 10.6. The summed E-state index contributed by atoms with van der Waals surface area (Å²) in [5, 5.41) is 0.935. The SMILES string of the molecule is CCOCc1c[nH]c2ccc(C(=O)N=C(N)N)cc12. The summed E-state index contributed by atoms with van der Waals surface area (Å²) in [7, 11) is 0. The molecule has 1 heterocycles. The second-order valence-electron chi connectivity index (χ2n) is 4.05. The Morgan fingerprint density at radius 3 is 2.89 bits per heavy atom. The van der Waals surface area contributed by atoms with Crippen LogP contribution in [0.1, 0.15) is 22.8 Å². The van der Waals surface area contributed by atoms with Crippen LogP contribution in [-0.4, -0.2) is 23.5 Å². The molecule has 0 atom stereocenters. The Balaban J connectivity index is 2.38. The number of nitrogens with zero attached hydrogens (tertiary/aromatic N) is 1. The molecule has 0 aliphatic heterocycles. The number of hydrogen-bond acceptors (Lipinski definition) is 2. The van der Waals surface area contributed by atoms with Crippen molar-refractivity contribution < 1.29 is 9.53 Å². The number of fused-ring (bicyclic) bond motifs is 1. The summed E-state index contributed by atoms with van der Waals surface area (Å²) in [6.07, 6.45) is 1.87. The third-order valence-electron chi connectivity index (χ3n) is 2.71. The molecule has 19 heavy (non-hydrogen) atoms. The number of carbonyl (C=O) groups is 1. The van der Waals surface area contributed by atoms with Crippen LogP contribution in [0.4, 0.5) is 0 Å². The molecular weight excluding hydrogens is 244 g/mol. The van der Waals surface area contributed by atoms with Gasteiger partial charge in [-0.25, -0.2) is 0 Å². The van der Waals surface area contributed by atoms with E-state index in [4.69, 9.17) is 16.2 Å². The smallest absolute Gasteiger partial charge is 0.280 e. The highest BCUT2D eigenvalue weighted by Gasteiger charge is 2.09. The summed E-state index contributed by atoms with van der Waals surface area (Å²) in [5.41, 5.74) is 12.8. The van der Waals surface area contributed by atoms with Gasteiger partial charge in [-0.1, -0.05) is 0 Å². The Kier molecular flexibility index (Phi) is 3.82. The summed E-state index contributed by atoms with van der Waals surface area (Å²) < 4.78 is 5.38. The van der Waals surface area contributed by atoms with Crippen LogP contribution in [0, 0.1) is 0 Å². The number of hydrogen-bond donors (Lipinski definition) is 3. The lowest BCUT2D eigenvalue weighted by atomic mass is 10.1. The fourth-order valence-electron chi connectivity index (χ4n) is 1.82. The van der Waals surface area contributed by atoms with Gasteiger partial charge >= 0.3 is 0 Å². The number of nitrogens with two attached hydrogens (primary N) is 2. The molecule has 1 aromatic carbocycles. The van der Waals surface area contributed by atoms with E-state index < -0.39 is 5.91 Å². The number of aliphatic imine (C=N–C) groups is 1. The molecule has 0 aliphatic carbocycles. The maximum Gasteiger partial charge on any atom is 0.280 e. The Morgan fingerprint density at radius 2 is 2.21 bits per heavy atom. The first-order valence-corrected chi connectivity index (χ1v) is 5.93. The van der Waals surface area contributed by atoms with Crippen LogP contribution in [0.2, 0.25) is 0 Å². The number of aromatic nitrogens is 1. The van der Waals surface area contributed by atoms with Gasteiger partial charge in [-0.05, 0) is 25.1 Å². The summed E-state index contributed by atoms with van der Waals surface area (Å²) in [6, 6.07) is 5.26. The van der Waals surface area contributed by atoms with Crippen molar-refractivity contribution in [3.63, 3.8) is 0 Å². The molecule has 1 amide bonds. The summed E-state index contributed by atoms with van der Waals surface area (Å²) in [6.45, 7) is 3.07. The van der Waals surface area contributed by atoms with Gasteiger partial charge in [0.05, 0.1) is 6.61 Å². The Morgan fingerprint density at radius 1 is 1.42 bits per heavy atom. The van der Waals surface area contributed by atoms with Gasteiger partial charge in [0.1, 0.15) is 0 Å². The molecule has 0 unspecified atom stereocenters. The maximum atomic E-state index is 11.8. The molecule has 0 saturated heterocycles. The van der Waals surface area contributed by atoms with Crippen molar-refractivity contribution in [3.8, 4) is 0 Å². The summed E-state index contributed by atoms with van der Waals surface area (Å²) in [4.78, 5) is 18.4. The van der Waals surface area contributed by atoms with Crippen molar-refractivity contribution in [2.75, 3.05) is 6.61 Å². The van der Waals surface area contributed by atoms with Crippen LogP contribution in [0.15, 0.2) is 29.4 Å². The molecule has 0 aliphatic rings. The monoisotopic (exact) mass is 260 g/mol. The number of aromatic amines is 1. The second kappa shape index (κ2) is 5.53. The topological polar surface area (TPSA) is 106 Å². The van der Waals surface area contributed by atoms with Crippen molar-refractivity contribution in [2.24, 2.45) is 16.5 Å². The van der Waals surface area contributed by atoms with E-state index in [1.165, 1.54) is 0 Å². The molecule has 6 nitrogen and oxygen atoms in total. The van der Waals surface area contributed by atoms with Crippen LogP contribution in [0.5, 0.6) is 0 Å². The Hall–Kier alpha value is -2.34. The minimum absolute atomic E-state index is 0.242. The molecule has 1 aromatic heterocycles. The molecule has 100 valence electrons. The first kappa shape index (κ1) is 13.1. The number of H-pyrrole nitrogens is 1. The van der Waals surface area contributed by atoms with Gasteiger partial charge in [0.25, 0.3) is 5.91 Å². The minimum atomic E-state index is -0.453. The quantitative estimate of drug-likeness (QED) is 0.565. The van der Waals surface area contributed by atoms with E-state index in [9.17, 15) is 4.79 Å². The predicted molar refractivity (Wildman–Crippen MR) is 73.8 cm³/mol. The van der Waals surface area contributed by atoms with E-state index in [2.05, 4.69) is 9.98 Å². The third-order valence-corrected chi connectivity index (χ3v) is 2.71. The van der Waals surface area contributed by atoms with Gasteiger partial charge in [-0.2, -0.15) is 4.99 Å². The molecule has 2 rings (SSSR count). The fraction of sp³-hybridized carbons (Fsp3) is 0.231. The lowest BCUT2D eigenvalue weighted by Gasteiger charge is -2.01. The summed E-state index contributed by atoms with van der Waals surface area (Å²) >= 11 is 0. The number of ether oxygens (including phenoxy) is 1. The standard InChI is InChI=1S/C13H16N4O2/c1-2-19-7-9-6-16-11-4-3-8(5-10(9)11)12(18)17-13(14)15/h3-6,16H,2,7H2,1H3,(H4,14,15,17,18). The van der Waals surface area contributed by atoms with E-state index >= 15 is 0 Å². The van der Waals surface area contributed by atoms with E-state index in [0.717, 1.165) is 16.5 Å². The van der Waals surface area contributed by atoms with Gasteiger partial charge in [0.15, 0.2) is 5.96 Å². The number of carbonyl (C=O) groups excluding carboxylic acids is 1. The van der Waals surface area contributed by atoms with Crippen LogP contribution in [-0.2, 0) is 11.3 Å². The average molecular weight is 260 g/mol. The summed E-state index contributed by atoms with van der Waals surface area (Å²) in [5.74, 6) is -0.695. The molecule has 0 saturated carbocycles. The number of rotatable bonds is 4. The van der Waals surface area contributed by atoms with E-state index in [1.54, 1.807) is 12.1 Å². The lowest BCUT2D eigenvalue weighted by molar-refractivity contribution is 0.100. The molecule has 5 N–H and O–H groups in total. The molecule has 0 bridgehead atoms. The van der Waals surface area contributed by atoms with Crippen LogP contribution in [0.3, 0.4) is 0 Å². The Labute approximate surface area is 110 Å². The first-order valence-electron chi connectivity index (χ1n) is 5.93. The van der Waals surface area contributed by atoms with Crippen molar-refractivity contribution in [1.82, 2.24) is 4.98 Å². The van der Waals surface area contributed by atoms with Gasteiger partial charge in [-0.3, -0.25) is 4.79 Å². The highest BCUT2D eigenvalue weighted by Crippen LogP contribution is 2.21. The second-order valence-corrected chi connectivity index (χ2v) is 4.05. The number of benzene rings is 1. The van der Waals surface area contributed by atoms with Crippen LogP contribution < -0.4 is 11.5 Å². The number of amides is 1. The minimum Gasteiger partial charge on any atom is -0.377 e. The van der Waals surface area contributed by atoms with Crippen molar-refractivity contribution in [3.05, 3.63) is 35.5 Å².